The highest BCUT2D eigenvalue weighted by atomic mass is 15.2. The van der Waals surface area contributed by atoms with Crippen molar-refractivity contribution in [1.82, 2.24) is 24.6 Å². The first-order chi connectivity index (χ1) is 8.33. The lowest BCUT2D eigenvalue weighted by Crippen LogP contribution is -2.48. The molecule has 0 spiro atoms. The number of aromatic nitrogens is 3. The zero-order valence-electron chi connectivity index (χ0n) is 10.0. The molecule has 1 fully saturated rings. The zero-order valence-corrected chi connectivity index (χ0v) is 10.0. The summed E-state index contributed by atoms with van der Waals surface area (Å²) in [4.78, 5) is 10.9. The van der Waals surface area contributed by atoms with Gasteiger partial charge >= 0.3 is 0 Å². The lowest BCUT2D eigenvalue weighted by atomic mass is 10.2. The van der Waals surface area contributed by atoms with E-state index in [9.17, 15) is 0 Å². The van der Waals surface area contributed by atoms with Crippen molar-refractivity contribution in [3.8, 4) is 0 Å². The number of nitrogens with one attached hydrogen (secondary N) is 1. The van der Waals surface area contributed by atoms with Crippen LogP contribution in [0, 0.1) is 0 Å². The Morgan fingerprint density at radius 1 is 1.47 bits per heavy atom. The minimum Gasteiger partial charge on any atom is -0.312 e. The van der Waals surface area contributed by atoms with E-state index in [2.05, 4.69) is 31.5 Å². The maximum Gasteiger partial charge on any atom is 0.155 e. The number of piperazine rings is 1. The fraction of sp³-hybridized carbons (Fsp3) is 0.500. The number of rotatable bonds is 2. The van der Waals surface area contributed by atoms with E-state index in [1.54, 1.807) is 12.4 Å². The van der Waals surface area contributed by atoms with Gasteiger partial charge in [-0.25, -0.2) is 4.98 Å². The number of imidazole rings is 1. The number of nitrogens with zero attached hydrogens (tertiary/aromatic N) is 4. The van der Waals surface area contributed by atoms with Crippen LogP contribution in [0.5, 0.6) is 0 Å². The van der Waals surface area contributed by atoms with Gasteiger partial charge in [0.15, 0.2) is 5.65 Å². The summed E-state index contributed by atoms with van der Waals surface area (Å²) in [7, 11) is 0. The molecule has 5 heteroatoms. The van der Waals surface area contributed by atoms with Crippen LogP contribution in [-0.4, -0.2) is 44.9 Å². The van der Waals surface area contributed by atoms with Gasteiger partial charge in [0.1, 0.15) is 0 Å². The van der Waals surface area contributed by atoms with Crippen molar-refractivity contribution in [3.63, 3.8) is 0 Å². The lowest BCUT2D eigenvalue weighted by molar-refractivity contribution is 0.197. The fourth-order valence-corrected chi connectivity index (χ4v) is 2.40. The fourth-order valence-electron chi connectivity index (χ4n) is 2.40. The van der Waals surface area contributed by atoms with E-state index in [1.165, 1.54) is 5.69 Å². The molecule has 0 bridgehead atoms. The maximum atomic E-state index is 4.36. The first kappa shape index (κ1) is 10.7. The molecule has 90 valence electrons. The molecular weight excluding hydrogens is 214 g/mol. The summed E-state index contributed by atoms with van der Waals surface area (Å²) in [5, 5.41) is 3.45. The van der Waals surface area contributed by atoms with Gasteiger partial charge in [0.25, 0.3) is 0 Å². The molecule has 0 aliphatic carbocycles. The van der Waals surface area contributed by atoms with Crippen molar-refractivity contribution >= 4 is 5.65 Å². The quantitative estimate of drug-likeness (QED) is 0.818. The molecule has 0 saturated carbocycles. The standard InChI is InChI=1S/C12H17N5/c1-10-8-16(4-3-14-10)9-11-6-15-12-7-13-2-5-17(11)12/h2,5-7,10,14H,3-4,8-9H2,1H3. The topological polar surface area (TPSA) is 45.5 Å². The first-order valence-electron chi connectivity index (χ1n) is 6.04. The monoisotopic (exact) mass is 231 g/mol. The van der Waals surface area contributed by atoms with Crippen LogP contribution < -0.4 is 5.32 Å². The van der Waals surface area contributed by atoms with E-state index in [-0.39, 0.29) is 0 Å². The zero-order chi connectivity index (χ0) is 11.7. The van der Waals surface area contributed by atoms with E-state index in [4.69, 9.17) is 0 Å². The number of fused-ring (bicyclic) bond motifs is 1. The second-order valence-corrected chi connectivity index (χ2v) is 4.64. The third kappa shape index (κ3) is 2.16. The molecule has 5 nitrogen and oxygen atoms in total. The summed E-state index contributed by atoms with van der Waals surface area (Å²) in [6.45, 7) is 6.45. The second-order valence-electron chi connectivity index (χ2n) is 4.64. The van der Waals surface area contributed by atoms with Crippen LogP contribution in [0.3, 0.4) is 0 Å². The van der Waals surface area contributed by atoms with E-state index < -0.39 is 0 Å². The largest absolute Gasteiger partial charge is 0.312 e. The average molecular weight is 231 g/mol. The number of hydrogen-bond donors (Lipinski definition) is 1. The molecule has 1 aliphatic heterocycles. The van der Waals surface area contributed by atoms with Crippen LogP contribution >= 0.6 is 0 Å². The SMILES string of the molecule is CC1CN(Cc2cnc3cnccn23)CCN1. The molecule has 1 N–H and O–H groups in total. The molecule has 0 aromatic carbocycles. The Bertz CT molecular complexity index is 506. The van der Waals surface area contributed by atoms with Gasteiger partial charge in [-0.05, 0) is 6.92 Å². The molecule has 3 heterocycles. The van der Waals surface area contributed by atoms with Gasteiger partial charge in [0, 0.05) is 44.6 Å². The van der Waals surface area contributed by atoms with Crippen LogP contribution in [0.25, 0.3) is 5.65 Å². The van der Waals surface area contributed by atoms with Gasteiger partial charge in [0.05, 0.1) is 18.1 Å². The molecule has 1 aliphatic rings. The van der Waals surface area contributed by atoms with E-state index in [0.717, 1.165) is 31.8 Å². The Morgan fingerprint density at radius 3 is 3.29 bits per heavy atom. The highest BCUT2D eigenvalue weighted by molar-refractivity contribution is 5.36. The lowest BCUT2D eigenvalue weighted by Gasteiger charge is -2.31. The summed E-state index contributed by atoms with van der Waals surface area (Å²) >= 11 is 0. The summed E-state index contributed by atoms with van der Waals surface area (Å²) in [6, 6.07) is 0.574. The maximum absolute atomic E-state index is 4.36. The van der Waals surface area contributed by atoms with Gasteiger partial charge in [-0.2, -0.15) is 0 Å². The second kappa shape index (κ2) is 4.43. The predicted molar refractivity (Wildman–Crippen MR) is 65.7 cm³/mol. The van der Waals surface area contributed by atoms with E-state index in [1.807, 2.05) is 12.4 Å². The minimum absolute atomic E-state index is 0.574. The van der Waals surface area contributed by atoms with Crippen molar-refractivity contribution in [3.05, 3.63) is 30.5 Å². The van der Waals surface area contributed by atoms with Crippen molar-refractivity contribution in [1.29, 1.82) is 0 Å². The molecular formula is C12H17N5. The van der Waals surface area contributed by atoms with Crippen molar-refractivity contribution in [2.75, 3.05) is 19.6 Å². The van der Waals surface area contributed by atoms with Crippen molar-refractivity contribution in [2.45, 2.75) is 19.5 Å². The summed E-state index contributed by atoms with van der Waals surface area (Å²) in [5.41, 5.74) is 2.15. The molecule has 17 heavy (non-hydrogen) atoms. The molecule has 1 unspecified atom stereocenters. The smallest absolute Gasteiger partial charge is 0.155 e. The Hall–Kier alpha value is -1.46. The number of hydrogen-bond acceptors (Lipinski definition) is 4. The normalized spacial score (nSPS) is 22.1. The highest BCUT2D eigenvalue weighted by Crippen LogP contribution is 2.09. The highest BCUT2D eigenvalue weighted by Gasteiger charge is 2.16. The predicted octanol–water partition coefficient (Wildman–Crippen LogP) is 0.523. The average Bonchev–Trinajstić information content (AvgIpc) is 2.73. The van der Waals surface area contributed by atoms with Crippen LogP contribution in [0.15, 0.2) is 24.8 Å². The van der Waals surface area contributed by atoms with E-state index in [0.29, 0.717) is 6.04 Å². The van der Waals surface area contributed by atoms with Crippen LogP contribution in [0.2, 0.25) is 0 Å². The Kier molecular flexibility index (Phi) is 2.78. The molecule has 1 atom stereocenters. The van der Waals surface area contributed by atoms with Gasteiger partial charge in [-0.15, -0.1) is 0 Å². The molecule has 2 aromatic heterocycles. The third-order valence-corrected chi connectivity index (χ3v) is 3.23. The van der Waals surface area contributed by atoms with Gasteiger partial charge in [-0.3, -0.25) is 14.3 Å². The summed E-state index contributed by atoms with van der Waals surface area (Å²) < 4.78 is 2.11. The van der Waals surface area contributed by atoms with Gasteiger partial charge in [-0.1, -0.05) is 0 Å². The van der Waals surface area contributed by atoms with E-state index >= 15 is 0 Å². The Morgan fingerprint density at radius 2 is 2.41 bits per heavy atom. The first-order valence-corrected chi connectivity index (χ1v) is 6.04. The molecule has 3 rings (SSSR count). The van der Waals surface area contributed by atoms with Crippen LogP contribution in [0.4, 0.5) is 0 Å². The van der Waals surface area contributed by atoms with Crippen molar-refractivity contribution < 1.29 is 0 Å². The van der Waals surface area contributed by atoms with Crippen LogP contribution in [-0.2, 0) is 6.54 Å². The Labute approximate surface area is 100 Å². The summed E-state index contributed by atoms with van der Waals surface area (Å²) in [6.07, 6.45) is 7.52. The van der Waals surface area contributed by atoms with Crippen molar-refractivity contribution in [2.24, 2.45) is 0 Å². The molecule has 1 saturated heterocycles. The molecule has 2 aromatic rings. The van der Waals surface area contributed by atoms with Crippen LogP contribution in [0.1, 0.15) is 12.6 Å². The minimum atomic E-state index is 0.574. The third-order valence-electron chi connectivity index (χ3n) is 3.23. The van der Waals surface area contributed by atoms with Gasteiger partial charge < -0.3 is 5.32 Å². The molecule has 0 amide bonds. The molecule has 0 radical (unpaired) electrons. The summed E-state index contributed by atoms with van der Waals surface area (Å²) in [5.74, 6) is 0. The van der Waals surface area contributed by atoms with Gasteiger partial charge in [0.2, 0.25) is 0 Å². The Balaban J connectivity index is 1.80.